The molecule has 0 saturated heterocycles. The molecule has 236 valence electrons. The van der Waals surface area contributed by atoms with Gasteiger partial charge in [-0.3, -0.25) is 0 Å². The molecule has 0 saturated carbocycles. The molecule has 0 spiro atoms. The summed E-state index contributed by atoms with van der Waals surface area (Å²) in [5.41, 5.74) is 7.85. The Balaban J connectivity index is 1.21. The monoisotopic (exact) mass is 659 g/mol. The van der Waals surface area contributed by atoms with Gasteiger partial charge in [0, 0.05) is 33.9 Å². The highest BCUT2D eigenvalue weighted by atomic mass is 32.1. The fourth-order valence-corrected chi connectivity index (χ4v) is 5.90. The topological polar surface area (TPSA) is 140 Å². The fourth-order valence-electron chi connectivity index (χ4n) is 5.44. The highest BCUT2D eigenvalue weighted by molar-refractivity contribution is 7.13. The molecule has 3 N–H and O–H groups in total. The number of aromatic nitrogens is 2. The number of pyridine rings is 1. The lowest BCUT2D eigenvalue weighted by atomic mass is 10.1. The number of nitrogens with two attached hydrogens (primary N) is 1. The van der Waals surface area contributed by atoms with Gasteiger partial charge in [-0.15, -0.1) is 31.8 Å². The van der Waals surface area contributed by atoms with E-state index >= 15 is 0 Å². The molecule has 0 atom stereocenters. The zero-order valence-corrected chi connectivity index (χ0v) is 26.5. The zero-order valence-electron chi connectivity index (χ0n) is 25.6. The van der Waals surface area contributed by atoms with E-state index in [-0.39, 0.29) is 5.75 Å². The van der Waals surface area contributed by atoms with Gasteiger partial charge in [-0.1, -0.05) is 60.7 Å². The van der Waals surface area contributed by atoms with Crippen LogP contribution in [0, 0.1) is 0 Å². The smallest absolute Gasteiger partial charge is 0.229 e. The molecule has 10 nitrogen and oxygen atoms in total. The molecule has 49 heavy (non-hydrogen) atoms. The summed E-state index contributed by atoms with van der Waals surface area (Å²) in [5.74, 6) is 2.48. The van der Waals surface area contributed by atoms with Crippen LogP contribution in [-0.4, -0.2) is 15.1 Å². The molecular weight excluding hydrogens is 635 g/mol. The Morgan fingerprint density at radius 3 is 1.98 bits per heavy atom. The number of phenolic OH excluding ortho intramolecular Hbond substituents is 1. The molecule has 2 aromatic heterocycles. The Labute approximate surface area is 283 Å². The molecule has 0 aliphatic rings. The van der Waals surface area contributed by atoms with Crippen LogP contribution in [0.25, 0.3) is 32.3 Å². The maximum atomic E-state index is 10.7. The van der Waals surface area contributed by atoms with E-state index in [0.29, 0.717) is 56.4 Å². The maximum Gasteiger partial charge on any atom is 0.229 e. The summed E-state index contributed by atoms with van der Waals surface area (Å²) >= 11 is 1.35. The molecule has 0 aliphatic carbocycles. The van der Waals surface area contributed by atoms with Crippen molar-refractivity contribution in [1.82, 2.24) is 9.97 Å². The summed E-state index contributed by atoms with van der Waals surface area (Å²) in [5, 5.41) is 35.6. The Kier molecular flexibility index (Phi) is 7.76. The van der Waals surface area contributed by atoms with E-state index in [1.807, 2.05) is 102 Å². The second-order valence-electron chi connectivity index (χ2n) is 10.9. The number of azo groups is 2. The van der Waals surface area contributed by atoms with Crippen molar-refractivity contribution >= 4 is 71.7 Å². The Hall–Kier alpha value is -6.72. The Morgan fingerprint density at radius 1 is 0.571 bits per heavy atom. The molecule has 0 amide bonds. The van der Waals surface area contributed by atoms with Crippen molar-refractivity contribution in [3.8, 4) is 28.7 Å². The molecule has 0 unspecified atom stereocenters. The van der Waals surface area contributed by atoms with Crippen molar-refractivity contribution in [2.75, 3.05) is 5.73 Å². The molecule has 8 rings (SSSR count). The average Bonchev–Trinajstić information content (AvgIpc) is 3.66. The second-order valence-corrected chi connectivity index (χ2v) is 11.8. The van der Waals surface area contributed by atoms with Gasteiger partial charge in [0.15, 0.2) is 17.3 Å². The number of thiazole rings is 1. The van der Waals surface area contributed by atoms with E-state index in [4.69, 9.17) is 15.2 Å². The molecule has 0 fully saturated rings. The number of nitrogens with zero attached hydrogens (tertiary/aromatic N) is 6. The van der Waals surface area contributed by atoms with Crippen molar-refractivity contribution in [2.45, 2.75) is 0 Å². The van der Waals surface area contributed by atoms with Crippen molar-refractivity contribution < 1.29 is 14.6 Å². The first-order valence-corrected chi connectivity index (χ1v) is 16.1. The SMILES string of the molecule is Nc1c(Oc2ccc3ccc(Oc4ccc5ccc(O)c(N=Nc6nccs6)c5c4)c(N=Nc4ccccn4)c3c2)ccc2ccccc12. The van der Waals surface area contributed by atoms with Crippen LogP contribution in [0.3, 0.4) is 0 Å². The van der Waals surface area contributed by atoms with Gasteiger partial charge in [-0.2, -0.15) is 0 Å². The summed E-state index contributed by atoms with van der Waals surface area (Å²) in [4.78, 5) is 8.44. The number of ether oxygens (including phenoxy) is 2. The van der Waals surface area contributed by atoms with Gasteiger partial charge >= 0.3 is 0 Å². The number of phenols is 1. The number of benzene rings is 6. The van der Waals surface area contributed by atoms with Crippen LogP contribution in [0.1, 0.15) is 0 Å². The van der Waals surface area contributed by atoms with E-state index in [0.717, 1.165) is 26.9 Å². The van der Waals surface area contributed by atoms with E-state index in [1.54, 1.807) is 30.6 Å². The predicted octanol–water partition coefficient (Wildman–Crippen LogP) is 11.7. The average molecular weight is 660 g/mol. The van der Waals surface area contributed by atoms with E-state index in [2.05, 4.69) is 30.4 Å². The largest absolute Gasteiger partial charge is 0.506 e. The summed E-state index contributed by atoms with van der Waals surface area (Å²) in [6.07, 6.45) is 3.30. The van der Waals surface area contributed by atoms with E-state index in [9.17, 15) is 5.11 Å². The molecule has 0 aliphatic heterocycles. The minimum atomic E-state index is -0.0138. The number of hydrogen-bond acceptors (Lipinski definition) is 11. The van der Waals surface area contributed by atoms with Gasteiger partial charge in [0.25, 0.3) is 0 Å². The van der Waals surface area contributed by atoms with Crippen LogP contribution >= 0.6 is 11.3 Å². The molecule has 11 heteroatoms. The lowest BCUT2D eigenvalue weighted by molar-refractivity contribution is 0.477. The number of nitrogen functional groups attached to an aromatic ring is 1. The normalized spacial score (nSPS) is 11.7. The zero-order chi connectivity index (χ0) is 33.2. The van der Waals surface area contributed by atoms with Crippen molar-refractivity contribution in [2.24, 2.45) is 20.5 Å². The highest BCUT2D eigenvalue weighted by Crippen LogP contribution is 2.44. The third kappa shape index (κ3) is 6.09. The van der Waals surface area contributed by atoms with Gasteiger partial charge in [0.05, 0.1) is 5.69 Å². The Morgan fingerprint density at radius 2 is 1.22 bits per heavy atom. The minimum absolute atomic E-state index is 0.0138. The number of hydrogen-bond donors (Lipinski definition) is 2. The molecule has 8 aromatic rings. The van der Waals surface area contributed by atoms with Crippen molar-refractivity contribution in [1.29, 1.82) is 0 Å². The lowest BCUT2D eigenvalue weighted by Gasteiger charge is -2.14. The molecule has 0 radical (unpaired) electrons. The van der Waals surface area contributed by atoms with Gasteiger partial charge < -0.3 is 20.3 Å². The van der Waals surface area contributed by atoms with Crippen LogP contribution in [0.2, 0.25) is 0 Å². The van der Waals surface area contributed by atoms with Crippen molar-refractivity contribution in [3.63, 3.8) is 0 Å². The number of fused-ring (bicyclic) bond motifs is 3. The lowest BCUT2D eigenvalue weighted by Crippen LogP contribution is -1.93. The van der Waals surface area contributed by atoms with Gasteiger partial charge in [0.2, 0.25) is 5.13 Å². The molecule has 0 bridgehead atoms. The van der Waals surface area contributed by atoms with Crippen molar-refractivity contribution in [3.05, 3.63) is 133 Å². The van der Waals surface area contributed by atoms with Gasteiger partial charge in [-0.05, 0) is 70.8 Å². The predicted molar refractivity (Wildman–Crippen MR) is 193 cm³/mol. The quantitative estimate of drug-likeness (QED) is 0.123. The fraction of sp³-hybridized carbons (Fsp3) is 0. The molecular formula is C38H25N7O3S. The Bertz CT molecular complexity index is 2540. The van der Waals surface area contributed by atoms with E-state index in [1.165, 1.54) is 11.3 Å². The first-order valence-electron chi connectivity index (χ1n) is 15.2. The maximum absolute atomic E-state index is 10.7. The molecule has 6 aromatic carbocycles. The number of aromatic hydroxyl groups is 1. The summed E-state index contributed by atoms with van der Waals surface area (Å²) in [6.45, 7) is 0. The summed E-state index contributed by atoms with van der Waals surface area (Å²) < 4.78 is 12.8. The van der Waals surface area contributed by atoms with Crippen LogP contribution in [-0.2, 0) is 0 Å². The van der Waals surface area contributed by atoms with Crippen LogP contribution in [0.15, 0.2) is 153 Å². The van der Waals surface area contributed by atoms with Gasteiger partial charge in [-0.25, -0.2) is 9.97 Å². The molecule has 2 heterocycles. The first-order chi connectivity index (χ1) is 24.1. The minimum Gasteiger partial charge on any atom is -0.506 e. The van der Waals surface area contributed by atoms with Gasteiger partial charge in [0.1, 0.15) is 28.6 Å². The second kappa shape index (κ2) is 12.8. The highest BCUT2D eigenvalue weighted by Gasteiger charge is 2.15. The standard InChI is InChI=1S/C38H25N7O3S/c39-35-28-6-2-1-5-23(28)11-16-32(35)47-26-13-9-25-12-17-33(37(30(25)22-26)44-42-34-7-3-4-18-40-34)48-27-14-8-24-10-15-31(46)36(29(24)21-27)43-45-38-41-19-20-49-38/h1-22,46H,39H2. The summed E-state index contributed by atoms with van der Waals surface area (Å²) in [6, 6.07) is 35.6. The van der Waals surface area contributed by atoms with E-state index < -0.39 is 0 Å². The third-order valence-electron chi connectivity index (χ3n) is 7.81. The number of anilines is 1. The number of rotatable bonds is 8. The van der Waals surface area contributed by atoms with Crippen LogP contribution in [0.4, 0.5) is 28.0 Å². The first kappa shape index (κ1) is 29.7. The summed E-state index contributed by atoms with van der Waals surface area (Å²) in [7, 11) is 0. The third-order valence-corrected chi connectivity index (χ3v) is 8.47. The van der Waals surface area contributed by atoms with Crippen LogP contribution < -0.4 is 15.2 Å². The van der Waals surface area contributed by atoms with Crippen LogP contribution in [0.5, 0.6) is 28.7 Å².